The van der Waals surface area contributed by atoms with Crippen LogP contribution in [0, 0.1) is 12.7 Å². The number of guanidine groups is 1. The number of hydrogen-bond donors (Lipinski definition) is 2. The summed E-state index contributed by atoms with van der Waals surface area (Å²) in [5.41, 5.74) is 2.41. The zero-order chi connectivity index (χ0) is 18.4. The van der Waals surface area contributed by atoms with Crippen LogP contribution in [0.2, 0.25) is 0 Å². The molecule has 0 amide bonds. The third kappa shape index (κ3) is 5.88. The molecule has 2 aromatic rings. The lowest BCUT2D eigenvalue weighted by molar-refractivity contribution is 0.431. The molecule has 1 aliphatic carbocycles. The van der Waals surface area contributed by atoms with E-state index < -0.39 is 0 Å². The Morgan fingerprint density at radius 3 is 2.52 bits per heavy atom. The van der Waals surface area contributed by atoms with E-state index in [4.69, 9.17) is 0 Å². The molecule has 3 rings (SSSR count). The van der Waals surface area contributed by atoms with Gasteiger partial charge in [-0.25, -0.2) is 9.37 Å². The van der Waals surface area contributed by atoms with E-state index >= 15 is 0 Å². The van der Waals surface area contributed by atoms with E-state index in [0.29, 0.717) is 0 Å². The number of hydrogen-bond acceptors (Lipinski definition) is 3. The first kappa shape index (κ1) is 22.1. The van der Waals surface area contributed by atoms with Crippen LogP contribution in [0.25, 0.3) is 0 Å². The van der Waals surface area contributed by atoms with E-state index in [2.05, 4.69) is 26.0 Å². The molecule has 1 saturated carbocycles. The van der Waals surface area contributed by atoms with E-state index in [1.165, 1.54) is 18.4 Å². The highest BCUT2D eigenvalue weighted by Crippen LogP contribution is 2.40. The molecular formula is C20H28FIN4S. The highest BCUT2D eigenvalue weighted by Gasteiger charge is 2.35. The van der Waals surface area contributed by atoms with Crippen molar-refractivity contribution in [3.05, 3.63) is 51.7 Å². The quantitative estimate of drug-likeness (QED) is 0.349. The monoisotopic (exact) mass is 502 g/mol. The number of nitrogens with zero attached hydrogens (tertiary/aromatic N) is 2. The van der Waals surface area contributed by atoms with E-state index in [9.17, 15) is 4.39 Å². The summed E-state index contributed by atoms with van der Waals surface area (Å²) >= 11 is 1.68. The van der Waals surface area contributed by atoms with Crippen LogP contribution in [0.15, 0.2) is 34.6 Å². The van der Waals surface area contributed by atoms with Crippen LogP contribution in [0.1, 0.15) is 41.9 Å². The first-order chi connectivity index (χ1) is 12.6. The maximum atomic E-state index is 13.3. The third-order valence-electron chi connectivity index (χ3n) is 5.18. The topological polar surface area (TPSA) is 49.3 Å². The van der Waals surface area contributed by atoms with E-state index in [1.807, 2.05) is 19.1 Å². The Morgan fingerprint density at radius 2 is 1.93 bits per heavy atom. The molecule has 27 heavy (non-hydrogen) atoms. The largest absolute Gasteiger partial charge is 0.356 e. The molecule has 7 heteroatoms. The summed E-state index contributed by atoms with van der Waals surface area (Å²) in [6.07, 6.45) is 5.57. The highest BCUT2D eigenvalue weighted by molar-refractivity contribution is 14.0. The van der Waals surface area contributed by atoms with Crippen molar-refractivity contribution in [1.82, 2.24) is 15.6 Å². The van der Waals surface area contributed by atoms with Crippen molar-refractivity contribution < 1.29 is 4.39 Å². The van der Waals surface area contributed by atoms with Gasteiger partial charge in [0.05, 0.1) is 10.7 Å². The van der Waals surface area contributed by atoms with E-state index in [1.54, 1.807) is 30.5 Å². The number of aryl methyl sites for hydroxylation is 1. The summed E-state index contributed by atoms with van der Waals surface area (Å²) in [6, 6.07) is 7.00. The number of aromatic nitrogens is 1. The standard InChI is InChI=1S/C20H27FN4S.HI/c1-15-25-18(13-26-15)9-12-23-19(22-2)24-14-20(10-3-4-11-20)16-5-7-17(21)8-6-16;/h5-8,13H,3-4,9-12,14H2,1-2H3,(H2,22,23,24);1H. The van der Waals surface area contributed by atoms with Gasteiger partial charge in [0.1, 0.15) is 5.82 Å². The minimum atomic E-state index is -0.176. The number of aliphatic imine (C=N–C) groups is 1. The zero-order valence-corrected chi connectivity index (χ0v) is 19.1. The van der Waals surface area contributed by atoms with Crippen molar-refractivity contribution >= 4 is 41.3 Å². The Morgan fingerprint density at radius 1 is 1.22 bits per heavy atom. The van der Waals surface area contributed by atoms with Gasteiger partial charge in [-0.05, 0) is 37.5 Å². The Balaban J connectivity index is 0.00000261. The molecule has 2 N–H and O–H groups in total. The van der Waals surface area contributed by atoms with Gasteiger partial charge in [0, 0.05) is 37.4 Å². The van der Waals surface area contributed by atoms with Gasteiger partial charge in [0.25, 0.3) is 0 Å². The van der Waals surface area contributed by atoms with Crippen LogP contribution < -0.4 is 10.6 Å². The lowest BCUT2D eigenvalue weighted by Gasteiger charge is -2.30. The second-order valence-corrected chi connectivity index (χ2v) is 8.02. The fraction of sp³-hybridized carbons (Fsp3) is 0.500. The Bertz CT molecular complexity index is 739. The molecule has 4 nitrogen and oxygen atoms in total. The van der Waals surface area contributed by atoms with Gasteiger partial charge in [-0.15, -0.1) is 35.3 Å². The van der Waals surface area contributed by atoms with Gasteiger partial charge in [-0.3, -0.25) is 4.99 Å². The molecule has 0 radical (unpaired) electrons. The Labute approximate surface area is 182 Å². The van der Waals surface area contributed by atoms with Gasteiger partial charge >= 0.3 is 0 Å². The molecule has 0 spiro atoms. The molecule has 1 fully saturated rings. The molecule has 0 bridgehead atoms. The van der Waals surface area contributed by atoms with E-state index in [0.717, 1.165) is 49.0 Å². The van der Waals surface area contributed by atoms with Gasteiger partial charge < -0.3 is 10.6 Å². The first-order valence-electron chi connectivity index (χ1n) is 9.23. The second-order valence-electron chi connectivity index (χ2n) is 6.95. The molecular weight excluding hydrogens is 474 g/mol. The van der Waals surface area contributed by atoms with Crippen molar-refractivity contribution in [3.63, 3.8) is 0 Å². The first-order valence-corrected chi connectivity index (χ1v) is 10.1. The molecule has 1 aromatic carbocycles. The summed E-state index contributed by atoms with van der Waals surface area (Å²) in [6.45, 7) is 3.64. The predicted molar refractivity (Wildman–Crippen MR) is 122 cm³/mol. The second kappa shape index (κ2) is 10.4. The van der Waals surface area contributed by atoms with Crippen molar-refractivity contribution in [2.45, 2.75) is 44.4 Å². The van der Waals surface area contributed by atoms with Crippen LogP contribution in [0.4, 0.5) is 4.39 Å². The van der Waals surface area contributed by atoms with E-state index in [-0.39, 0.29) is 35.2 Å². The van der Waals surface area contributed by atoms with Crippen molar-refractivity contribution in [2.75, 3.05) is 20.1 Å². The summed E-state index contributed by atoms with van der Waals surface area (Å²) in [5, 5.41) is 10.1. The lowest BCUT2D eigenvalue weighted by atomic mass is 9.79. The number of thiazole rings is 1. The Hall–Kier alpha value is -1.22. The molecule has 1 aliphatic rings. The predicted octanol–water partition coefficient (Wildman–Crippen LogP) is 4.43. The smallest absolute Gasteiger partial charge is 0.191 e. The molecule has 0 aliphatic heterocycles. The number of rotatable bonds is 6. The van der Waals surface area contributed by atoms with Crippen LogP contribution in [0.5, 0.6) is 0 Å². The normalized spacial score (nSPS) is 16.0. The lowest BCUT2D eigenvalue weighted by Crippen LogP contribution is -2.45. The third-order valence-corrected chi connectivity index (χ3v) is 6.00. The minimum Gasteiger partial charge on any atom is -0.356 e. The maximum absolute atomic E-state index is 13.3. The number of nitrogens with one attached hydrogen (secondary N) is 2. The van der Waals surface area contributed by atoms with Gasteiger partial charge in [-0.1, -0.05) is 25.0 Å². The fourth-order valence-corrected chi connectivity index (χ4v) is 4.38. The molecule has 148 valence electrons. The molecule has 0 saturated heterocycles. The van der Waals surface area contributed by atoms with Crippen molar-refractivity contribution in [3.8, 4) is 0 Å². The van der Waals surface area contributed by atoms with Crippen LogP contribution in [-0.2, 0) is 11.8 Å². The fourth-order valence-electron chi connectivity index (χ4n) is 3.73. The molecule has 0 atom stereocenters. The van der Waals surface area contributed by atoms with Gasteiger partial charge in [-0.2, -0.15) is 0 Å². The van der Waals surface area contributed by atoms with Crippen molar-refractivity contribution in [1.29, 1.82) is 0 Å². The Kier molecular flexibility index (Phi) is 8.47. The number of benzene rings is 1. The number of halogens is 2. The van der Waals surface area contributed by atoms with Crippen LogP contribution in [0.3, 0.4) is 0 Å². The average molecular weight is 502 g/mol. The average Bonchev–Trinajstić information content (AvgIpc) is 3.28. The van der Waals surface area contributed by atoms with Crippen molar-refractivity contribution in [2.24, 2.45) is 4.99 Å². The summed E-state index contributed by atoms with van der Waals surface area (Å²) < 4.78 is 13.3. The maximum Gasteiger partial charge on any atom is 0.191 e. The van der Waals surface area contributed by atoms with Crippen LogP contribution in [-0.4, -0.2) is 31.1 Å². The zero-order valence-electron chi connectivity index (χ0n) is 15.9. The molecule has 0 unspecified atom stereocenters. The summed E-state index contributed by atoms with van der Waals surface area (Å²) in [4.78, 5) is 8.83. The molecule has 1 heterocycles. The van der Waals surface area contributed by atoms with Gasteiger partial charge in [0.15, 0.2) is 5.96 Å². The van der Waals surface area contributed by atoms with Gasteiger partial charge in [0.2, 0.25) is 0 Å². The SMILES string of the molecule is CN=C(NCCc1csc(C)n1)NCC1(c2ccc(F)cc2)CCCC1.I. The summed E-state index contributed by atoms with van der Waals surface area (Å²) in [7, 11) is 1.79. The molecule has 1 aromatic heterocycles. The van der Waals surface area contributed by atoms with Crippen LogP contribution >= 0.6 is 35.3 Å². The minimum absolute atomic E-state index is 0. The summed E-state index contributed by atoms with van der Waals surface area (Å²) in [5.74, 6) is 0.634. The highest BCUT2D eigenvalue weighted by atomic mass is 127.